The fourth-order valence-corrected chi connectivity index (χ4v) is 3.71. The molecule has 7 nitrogen and oxygen atoms in total. The predicted octanol–water partition coefficient (Wildman–Crippen LogP) is 3.78. The molecule has 1 aliphatic carbocycles. The van der Waals surface area contributed by atoms with Gasteiger partial charge in [0.1, 0.15) is 6.17 Å². The molecule has 2 atom stereocenters. The van der Waals surface area contributed by atoms with Crippen molar-refractivity contribution in [1.82, 2.24) is 19.8 Å². The Morgan fingerprint density at radius 2 is 2.21 bits per heavy atom. The number of carbonyl (C=O) groups excluding carboxylic acids is 2. The first-order valence-corrected chi connectivity index (χ1v) is 9.09. The van der Waals surface area contributed by atoms with Crippen LogP contribution in [0.1, 0.15) is 16.8 Å². The van der Waals surface area contributed by atoms with Crippen LogP contribution in [0.4, 0.5) is 14.6 Å². The maximum Gasteiger partial charge on any atom is 0.231 e. The fraction of sp³-hybridized carbons (Fsp3) is 0.158. The molecule has 0 bridgehead atoms. The lowest BCUT2D eigenvalue weighted by Gasteiger charge is -2.10. The number of nitrogens with one attached hydrogen (secondary N) is 2. The van der Waals surface area contributed by atoms with Crippen molar-refractivity contribution in [3.05, 3.63) is 47.0 Å². The number of aromatic nitrogens is 4. The molecule has 0 unspecified atom stereocenters. The number of hydrogen-bond acceptors (Lipinski definition) is 4. The van der Waals surface area contributed by atoms with Gasteiger partial charge in [0.2, 0.25) is 5.91 Å². The summed E-state index contributed by atoms with van der Waals surface area (Å²) in [5.74, 6) is -1.58. The summed E-state index contributed by atoms with van der Waals surface area (Å²) < 4.78 is 29.2. The Hall–Kier alpha value is -3.33. The summed E-state index contributed by atoms with van der Waals surface area (Å²) in [6, 6.07) is 5.01. The first-order valence-electron chi connectivity index (χ1n) is 8.72. The number of aldehydes is 1. The number of rotatable bonds is 4. The molecular weight excluding hydrogens is 404 g/mol. The van der Waals surface area contributed by atoms with Crippen LogP contribution in [0.3, 0.4) is 0 Å². The molecular formula is C19H12ClF2N5O2. The van der Waals surface area contributed by atoms with Crippen LogP contribution in [0.2, 0.25) is 5.02 Å². The molecule has 1 aliphatic rings. The van der Waals surface area contributed by atoms with E-state index in [1.807, 2.05) is 0 Å². The molecule has 10 heteroatoms. The second kappa shape index (κ2) is 6.35. The van der Waals surface area contributed by atoms with Crippen LogP contribution in [0.5, 0.6) is 0 Å². The Morgan fingerprint density at radius 1 is 1.41 bits per heavy atom. The van der Waals surface area contributed by atoms with Gasteiger partial charge < -0.3 is 5.32 Å². The summed E-state index contributed by atoms with van der Waals surface area (Å²) in [5.41, 5.74) is 1.63. The summed E-state index contributed by atoms with van der Waals surface area (Å²) in [6.45, 7) is 0. The molecule has 29 heavy (non-hydrogen) atoms. The van der Waals surface area contributed by atoms with E-state index < -0.39 is 23.8 Å². The van der Waals surface area contributed by atoms with Crippen molar-refractivity contribution >= 4 is 46.0 Å². The molecule has 0 radical (unpaired) electrons. The Kier molecular flexibility index (Phi) is 3.88. The molecule has 1 saturated carbocycles. The largest absolute Gasteiger partial charge is 0.309 e. The molecule has 0 aliphatic heterocycles. The lowest BCUT2D eigenvalue weighted by atomic mass is 9.99. The van der Waals surface area contributed by atoms with Gasteiger partial charge in [-0.25, -0.2) is 13.3 Å². The molecule has 5 rings (SSSR count). The quantitative estimate of drug-likeness (QED) is 0.496. The van der Waals surface area contributed by atoms with E-state index in [1.165, 1.54) is 10.7 Å². The summed E-state index contributed by atoms with van der Waals surface area (Å²) in [5, 5.41) is 13.7. The first kappa shape index (κ1) is 17.7. The molecule has 0 spiro atoms. The summed E-state index contributed by atoms with van der Waals surface area (Å²) in [7, 11) is 0. The van der Waals surface area contributed by atoms with Crippen molar-refractivity contribution in [2.75, 3.05) is 5.32 Å². The van der Waals surface area contributed by atoms with Gasteiger partial charge in [0, 0.05) is 23.2 Å². The van der Waals surface area contributed by atoms with E-state index in [1.54, 1.807) is 24.4 Å². The second-order valence-electron chi connectivity index (χ2n) is 6.86. The van der Waals surface area contributed by atoms with Crippen molar-refractivity contribution in [3.8, 4) is 11.1 Å². The van der Waals surface area contributed by atoms with Gasteiger partial charge >= 0.3 is 0 Å². The van der Waals surface area contributed by atoms with Crippen molar-refractivity contribution < 1.29 is 18.4 Å². The van der Waals surface area contributed by atoms with Gasteiger partial charge in [-0.3, -0.25) is 14.7 Å². The second-order valence-corrected chi connectivity index (χ2v) is 7.23. The van der Waals surface area contributed by atoms with E-state index in [0.717, 1.165) is 0 Å². The molecule has 0 saturated heterocycles. The number of benzene rings is 1. The number of alkyl halides is 1. The first-order chi connectivity index (χ1) is 14.0. The van der Waals surface area contributed by atoms with Crippen LogP contribution in [-0.2, 0) is 4.79 Å². The molecule has 1 amide bonds. The molecule has 3 heterocycles. The van der Waals surface area contributed by atoms with Crippen LogP contribution in [-0.4, -0.2) is 38.2 Å². The minimum absolute atomic E-state index is 0.187. The number of H-pyrrole nitrogens is 1. The molecule has 4 aromatic rings. The number of aromatic amines is 1. The number of nitrogens with zero attached hydrogens (tertiary/aromatic N) is 3. The fourth-order valence-electron chi connectivity index (χ4n) is 3.40. The van der Waals surface area contributed by atoms with E-state index in [2.05, 4.69) is 20.6 Å². The maximum atomic E-state index is 14.6. The summed E-state index contributed by atoms with van der Waals surface area (Å²) in [4.78, 5) is 23.2. The third-order valence-electron chi connectivity index (χ3n) is 5.00. The van der Waals surface area contributed by atoms with Crippen molar-refractivity contribution in [2.24, 2.45) is 5.92 Å². The van der Waals surface area contributed by atoms with Crippen molar-refractivity contribution in [1.29, 1.82) is 0 Å². The Balaban J connectivity index is 1.59. The van der Waals surface area contributed by atoms with Crippen LogP contribution in [0, 0.1) is 11.7 Å². The van der Waals surface area contributed by atoms with Crippen molar-refractivity contribution in [2.45, 2.75) is 12.6 Å². The third kappa shape index (κ3) is 2.77. The standard InChI is InChI=1S/C19H12ClF2N5O2/c20-16-15(11-6-23-25-18(11)12(7-28)17(16)22)8-1-2-27-9(3-8)4-14(26-27)24-19(29)10-5-13(10)21/h1-4,6-7,10,13H,5H2,(H,23,25)(H,24,26,29)/t10-,13+/m1/s1. The van der Waals surface area contributed by atoms with E-state index in [9.17, 15) is 18.4 Å². The molecule has 1 fully saturated rings. The van der Waals surface area contributed by atoms with Gasteiger partial charge in [0.25, 0.3) is 0 Å². The normalized spacial score (nSPS) is 18.3. The van der Waals surface area contributed by atoms with Gasteiger partial charge in [-0.05, 0) is 24.1 Å². The zero-order valence-corrected chi connectivity index (χ0v) is 15.4. The van der Waals surface area contributed by atoms with Crippen LogP contribution in [0.25, 0.3) is 27.5 Å². The lowest BCUT2D eigenvalue weighted by Crippen LogP contribution is -2.15. The molecule has 146 valence electrons. The Morgan fingerprint density at radius 3 is 2.93 bits per heavy atom. The lowest BCUT2D eigenvalue weighted by molar-refractivity contribution is -0.117. The van der Waals surface area contributed by atoms with Gasteiger partial charge in [0.15, 0.2) is 17.9 Å². The van der Waals surface area contributed by atoms with E-state index >= 15 is 0 Å². The van der Waals surface area contributed by atoms with Crippen LogP contribution in [0.15, 0.2) is 30.6 Å². The topological polar surface area (TPSA) is 92.2 Å². The van der Waals surface area contributed by atoms with E-state index in [-0.39, 0.29) is 28.3 Å². The van der Waals surface area contributed by atoms with E-state index in [0.29, 0.717) is 28.3 Å². The zero-order chi connectivity index (χ0) is 20.3. The number of carbonyl (C=O) groups is 2. The van der Waals surface area contributed by atoms with Crippen LogP contribution < -0.4 is 5.32 Å². The number of fused-ring (bicyclic) bond motifs is 2. The summed E-state index contributed by atoms with van der Waals surface area (Å²) in [6.07, 6.45) is 2.62. The SMILES string of the molecule is O=Cc1c(F)c(Cl)c(-c2ccn3nc(NC(=O)[C@@H]4C[C@@H]4F)cc3c2)c2cn[nH]c12. The maximum absolute atomic E-state index is 14.6. The van der Waals surface area contributed by atoms with Gasteiger partial charge in [-0.1, -0.05) is 11.6 Å². The number of amides is 1. The third-order valence-corrected chi connectivity index (χ3v) is 5.35. The average molecular weight is 416 g/mol. The highest BCUT2D eigenvalue weighted by Gasteiger charge is 2.43. The highest BCUT2D eigenvalue weighted by atomic mass is 35.5. The van der Waals surface area contributed by atoms with Crippen LogP contribution >= 0.6 is 11.6 Å². The molecule has 2 N–H and O–H groups in total. The van der Waals surface area contributed by atoms with Gasteiger partial charge in [-0.2, -0.15) is 10.2 Å². The zero-order valence-electron chi connectivity index (χ0n) is 14.6. The Labute approximate surface area is 166 Å². The number of pyridine rings is 1. The highest BCUT2D eigenvalue weighted by Crippen LogP contribution is 2.39. The average Bonchev–Trinajstić information content (AvgIpc) is 3.08. The number of anilines is 1. The van der Waals surface area contributed by atoms with E-state index in [4.69, 9.17) is 11.6 Å². The van der Waals surface area contributed by atoms with Gasteiger partial charge in [-0.15, -0.1) is 0 Å². The van der Waals surface area contributed by atoms with Gasteiger partial charge in [0.05, 0.1) is 33.7 Å². The summed E-state index contributed by atoms with van der Waals surface area (Å²) >= 11 is 6.24. The Bertz CT molecular complexity index is 1320. The smallest absolute Gasteiger partial charge is 0.231 e. The number of halogens is 3. The minimum Gasteiger partial charge on any atom is -0.309 e. The molecule has 3 aromatic heterocycles. The monoisotopic (exact) mass is 415 g/mol. The molecule has 1 aromatic carbocycles. The predicted molar refractivity (Wildman–Crippen MR) is 102 cm³/mol. The minimum atomic E-state index is -1.10. The highest BCUT2D eigenvalue weighted by molar-refractivity contribution is 6.36. The number of hydrogen-bond donors (Lipinski definition) is 2. The van der Waals surface area contributed by atoms with Crippen molar-refractivity contribution in [3.63, 3.8) is 0 Å².